The van der Waals surface area contributed by atoms with Crippen LogP contribution in [0.15, 0.2) is 6.07 Å². The Morgan fingerprint density at radius 3 is 2.80 bits per heavy atom. The Labute approximate surface area is 122 Å². The van der Waals surface area contributed by atoms with Crippen LogP contribution in [-0.4, -0.2) is 17.0 Å². The van der Waals surface area contributed by atoms with E-state index in [1.165, 1.54) is 22.7 Å². The van der Waals surface area contributed by atoms with E-state index in [1.807, 2.05) is 18.3 Å². The second kappa shape index (κ2) is 3.95. The topological polar surface area (TPSA) is 55.0 Å². The first-order valence-corrected chi connectivity index (χ1v) is 7.89. The van der Waals surface area contributed by atoms with Gasteiger partial charge in [0.15, 0.2) is 0 Å². The highest BCUT2D eigenvalue weighted by Crippen LogP contribution is 2.51. The maximum Gasteiger partial charge on any atom is 0.148 e. The third-order valence-corrected chi connectivity index (χ3v) is 5.70. The first kappa shape index (κ1) is 12.1. The van der Waals surface area contributed by atoms with Gasteiger partial charge in [-0.15, -0.1) is 11.3 Å². The van der Waals surface area contributed by atoms with Gasteiger partial charge in [-0.25, -0.2) is 9.97 Å². The third-order valence-electron chi connectivity index (χ3n) is 4.31. The maximum atomic E-state index is 6.15. The largest absolute Gasteiger partial charge is 0.382 e. The number of aryl methyl sites for hydroxylation is 1. The van der Waals surface area contributed by atoms with Crippen LogP contribution in [0.2, 0.25) is 0 Å². The van der Waals surface area contributed by atoms with Crippen molar-refractivity contribution in [1.82, 2.24) is 9.97 Å². The second-order valence-corrected chi connectivity index (χ2v) is 6.93. The molecule has 2 N–H and O–H groups in total. The summed E-state index contributed by atoms with van der Waals surface area (Å²) in [5.41, 5.74) is 10.4. The molecule has 0 aromatic carbocycles. The fourth-order valence-electron chi connectivity index (χ4n) is 2.94. The molecule has 1 atom stereocenters. The lowest BCUT2D eigenvalue weighted by Gasteiger charge is -2.33. The summed E-state index contributed by atoms with van der Waals surface area (Å²) >= 11 is 1.88. The Morgan fingerprint density at radius 1 is 1.35 bits per heavy atom. The standard InChI is InChI=1S/C15H18N4S/c1-7-6-10-11-13(20-15(18-11)9-4-5-9)8(2)19(3)12(10)14(16)17-7/h6,8-9H,4-5H2,1-3H3,(H2,16,17). The van der Waals surface area contributed by atoms with Crippen LogP contribution in [0, 0.1) is 6.92 Å². The highest BCUT2D eigenvalue weighted by atomic mass is 32.1. The summed E-state index contributed by atoms with van der Waals surface area (Å²) < 4.78 is 0. The number of hydrogen-bond donors (Lipinski definition) is 1. The molecule has 1 unspecified atom stereocenters. The molecule has 0 spiro atoms. The fraction of sp³-hybridized carbons (Fsp3) is 0.467. The van der Waals surface area contributed by atoms with Crippen molar-refractivity contribution in [2.24, 2.45) is 0 Å². The smallest absolute Gasteiger partial charge is 0.148 e. The quantitative estimate of drug-likeness (QED) is 0.872. The first-order valence-electron chi connectivity index (χ1n) is 7.07. The van der Waals surface area contributed by atoms with Gasteiger partial charge in [0.05, 0.1) is 27.3 Å². The van der Waals surface area contributed by atoms with E-state index in [-0.39, 0.29) is 0 Å². The van der Waals surface area contributed by atoms with Crippen LogP contribution in [0.5, 0.6) is 0 Å². The molecule has 1 fully saturated rings. The predicted molar refractivity (Wildman–Crippen MR) is 83.3 cm³/mol. The number of pyridine rings is 1. The van der Waals surface area contributed by atoms with E-state index in [0.717, 1.165) is 22.6 Å². The van der Waals surface area contributed by atoms with E-state index in [0.29, 0.717) is 17.8 Å². The molecule has 0 saturated heterocycles. The Kier molecular flexibility index (Phi) is 2.40. The molecule has 4 nitrogen and oxygen atoms in total. The van der Waals surface area contributed by atoms with E-state index in [9.17, 15) is 0 Å². The molecule has 1 saturated carbocycles. The molecule has 2 aromatic heterocycles. The Bertz CT molecular complexity index is 702. The van der Waals surface area contributed by atoms with Crippen molar-refractivity contribution >= 4 is 22.8 Å². The summed E-state index contributed by atoms with van der Waals surface area (Å²) in [5.74, 6) is 1.31. The third kappa shape index (κ3) is 1.59. The van der Waals surface area contributed by atoms with E-state index < -0.39 is 0 Å². The minimum Gasteiger partial charge on any atom is -0.382 e. The zero-order valence-corrected chi connectivity index (χ0v) is 12.8. The highest BCUT2D eigenvalue weighted by molar-refractivity contribution is 7.12. The molecule has 2 aromatic rings. The fourth-order valence-corrected chi connectivity index (χ4v) is 4.29. The predicted octanol–water partition coefficient (Wildman–Crippen LogP) is 3.48. The average Bonchev–Trinajstić information content (AvgIpc) is 3.14. The number of fused-ring (bicyclic) bond motifs is 3. The maximum absolute atomic E-state index is 6.15. The number of nitrogens with zero attached hydrogens (tertiary/aromatic N) is 3. The van der Waals surface area contributed by atoms with Crippen LogP contribution >= 0.6 is 11.3 Å². The van der Waals surface area contributed by atoms with Crippen LogP contribution in [0.1, 0.15) is 47.3 Å². The molecule has 20 heavy (non-hydrogen) atoms. The van der Waals surface area contributed by atoms with Gasteiger partial charge in [-0.3, -0.25) is 0 Å². The first-order chi connectivity index (χ1) is 9.56. The van der Waals surface area contributed by atoms with Crippen molar-refractivity contribution in [3.63, 3.8) is 0 Å². The Hall–Kier alpha value is -1.62. The normalized spacial score (nSPS) is 20.8. The van der Waals surface area contributed by atoms with Gasteiger partial charge >= 0.3 is 0 Å². The molecule has 0 bridgehead atoms. The number of nitrogens with two attached hydrogens (primary N) is 1. The molecule has 2 aliphatic rings. The number of nitrogen functional groups attached to an aromatic ring is 1. The lowest BCUT2D eigenvalue weighted by molar-refractivity contribution is 0.743. The van der Waals surface area contributed by atoms with E-state index in [1.54, 1.807) is 0 Å². The van der Waals surface area contributed by atoms with Gasteiger partial charge in [0.2, 0.25) is 0 Å². The Morgan fingerprint density at radius 2 is 2.10 bits per heavy atom. The summed E-state index contributed by atoms with van der Waals surface area (Å²) in [4.78, 5) is 12.9. The van der Waals surface area contributed by atoms with Gasteiger partial charge < -0.3 is 10.6 Å². The monoisotopic (exact) mass is 286 g/mol. The van der Waals surface area contributed by atoms with Crippen LogP contribution < -0.4 is 10.6 Å². The van der Waals surface area contributed by atoms with Crippen molar-refractivity contribution in [3.05, 3.63) is 21.6 Å². The number of aromatic nitrogens is 2. The SMILES string of the molecule is Cc1cc2c(c(N)n1)N(C)C(C)c1sc(C3CC3)nc1-2. The molecule has 0 amide bonds. The minimum absolute atomic E-state index is 0.314. The van der Waals surface area contributed by atoms with Crippen molar-refractivity contribution in [1.29, 1.82) is 0 Å². The van der Waals surface area contributed by atoms with Crippen molar-refractivity contribution < 1.29 is 0 Å². The molecule has 3 heterocycles. The minimum atomic E-state index is 0.314. The molecule has 104 valence electrons. The number of hydrogen-bond acceptors (Lipinski definition) is 5. The van der Waals surface area contributed by atoms with Gasteiger partial charge in [-0.1, -0.05) is 0 Å². The van der Waals surface area contributed by atoms with Crippen LogP contribution in [0.25, 0.3) is 11.3 Å². The lowest BCUT2D eigenvalue weighted by atomic mass is 9.99. The number of rotatable bonds is 1. The number of anilines is 2. The molecular weight excluding hydrogens is 268 g/mol. The van der Waals surface area contributed by atoms with Crippen molar-refractivity contribution in [2.45, 2.75) is 38.6 Å². The van der Waals surface area contributed by atoms with Crippen LogP contribution in [0.3, 0.4) is 0 Å². The number of thiazole rings is 1. The van der Waals surface area contributed by atoms with E-state index in [4.69, 9.17) is 10.7 Å². The molecule has 1 aliphatic heterocycles. The second-order valence-electron chi connectivity index (χ2n) is 5.87. The van der Waals surface area contributed by atoms with E-state index >= 15 is 0 Å². The summed E-state index contributed by atoms with van der Waals surface area (Å²) in [6.45, 7) is 4.21. The highest BCUT2D eigenvalue weighted by Gasteiger charge is 2.35. The summed E-state index contributed by atoms with van der Waals surface area (Å²) in [6, 6.07) is 2.43. The van der Waals surface area contributed by atoms with Gasteiger partial charge in [-0.05, 0) is 32.8 Å². The molecule has 1 aliphatic carbocycles. The van der Waals surface area contributed by atoms with Crippen molar-refractivity contribution in [2.75, 3.05) is 17.7 Å². The van der Waals surface area contributed by atoms with Gasteiger partial charge in [0.25, 0.3) is 0 Å². The zero-order valence-electron chi connectivity index (χ0n) is 12.0. The molecule has 0 radical (unpaired) electrons. The van der Waals surface area contributed by atoms with E-state index in [2.05, 4.69) is 29.9 Å². The summed E-state index contributed by atoms with van der Waals surface area (Å²) in [7, 11) is 2.09. The summed E-state index contributed by atoms with van der Waals surface area (Å²) in [6.07, 6.45) is 2.59. The molecular formula is C15H18N4S. The van der Waals surface area contributed by atoms with Gasteiger partial charge in [0.1, 0.15) is 5.82 Å². The van der Waals surface area contributed by atoms with Crippen LogP contribution in [-0.2, 0) is 0 Å². The molecule has 5 heteroatoms. The molecule has 4 rings (SSSR count). The average molecular weight is 286 g/mol. The van der Waals surface area contributed by atoms with Crippen molar-refractivity contribution in [3.8, 4) is 11.3 Å². The van der Waals surface area contributed by atoms with Gasteiger partial charge in [-0.2, -0.15) is 0 Å². The van der Waals surface area contributed by atoms with Crippen LogP contribution in [0.4, 0.5) is 11.5 Å². The lowest BCUT2D eigenvalue weighted by Crippen LogP contribution is -2.26. The zero-order chi connectivity index (χ0) is 14.0. The Balaban J connectivity index is 1.98. The van der Waals surface area contributed by atoms with Gasteiger partial charge in [0, 0.05) is 24.2 Å². The summed E-state index contributed by atoms with van der Waals surface area (Å²) in [5, 5.41) is 1.30.